The molecule has 1 aliphatic heterocycles. The van der Waals surface area contributed by atoms with Crippen LogP contribution in [-0.4, -0.2) is 50.0 Å². The van der Waals surface area contributed by atoms with Crippen molar-refractivity contribution in [3.8, 4) is 0 Å². The fraction of sp³-hybridized carbons (Fsp3) is 0.857. The zero-order valence-corrected chi connectivity index (χ0v) is 8.67. The van der Waals surface area contributed by atoms with Gasteiger partial charge in [-0.05, 0) is 0 Å². The lowest BCUT2D eigenvalue weighted by Crippen LogP contribution is -2.44. The molecule has 1 saturated heterocycles. The second-order valence-corrected chi connectivity index (χ2v) is 5.37. The van der Waals surface area contributed by atoms with Crippen molar-refractivity contribution in [3.05, 3.63) is 0 Å². The lowest BCUT2D eigenvalue weighted by atomic mass is 10.1. The van der Waals surface area contributed by atoms with Crippen LogP contribution in [0.15, 0.2) is 0 Å². The zero-order chi connectivity index (χ0) is 10.1. The number of rotatable bonds is 2. The van der Waals surface area contributed by atoms with Gasteiger partial charge < -0.3 is 0 Å². The molecule has 0 unspecified atom stereocenters. The summed E-state index contributed by atoms with van der Waals surface area (Å²) in [6.07, 6.45) is 0.681. The maximum Gasteiger partial charge on any atom is 0.281 e. The molecule has 0 N–H and O–H groups in total. The summed E-state index contributed by atoms with van der Waals surface area (Å²) in [4.78, 5) is 10.9. The highest BCUT2D eigenvalue weighted by atomic mass is 32.2. The van der Waals surface area contributed by atoms with Gasteiger partial charge in [-0.3, -0.25) is 4.79 Å². The number of hydrogen-bond acceptors (Lipinski definition) is 3. The third kappa shape index (κ3) is 2.26. The molecule has 13 heavy (non-hydrogen) atoms. The lowest BCUT2D eigenvalue weighted by Gasteiger charge is -2.27. The van der Waals surface area contributed by atoms with Crippen molar-refractivity contribution in [2.75, 3.05) is 27.2 Å². The van der Waals surface area contributed by atoms with Crippen LogP contribution in [0.5, 0.6) is 0 Å². The Hall–Kier alpha value is -0.460. The summed E-state index contributed by atoms with van der Waals surface area (Å²) in [5, 5.41) is 0. The van der Waals surface area contributed by atoms with E-state index in [0.717, 1.165) is 0 Å². The number of Topliss-reactive ketones (excluding diaryl/α,β-unsaturated/α-hetero) is 1. The van der Waals surface area contributed by atoms with Crippen LogP contribution in [-0.2, 0) is 15.0 Å². The van der Waals surface area contributed by atoms with Crippen molar-refractivity contribution in [1.29, 1.82) is 0 Å². The van der Waals surface area contributed by atoms with Crippen molar-refractivity contribution in [3.63, 3.8) is 0 Å². The minimum atomic E-state index is -3.31. The van der Waals surface area contributed by atoms with Crippen LogP contribution in [0.4, 0.5) is 0 Å². The van der Waals surface area contributed by atoms with Crippen LogP contribution >= 0.6 is 0 Å². The third-order valence-corrected chi connectivity index (χ3v) is 4.01. The van der Waals surface area contributed by atoms with Crippen LogP contribution in [0.3, 0.4) is 0 Å². The minimum absolute atomic E-state index is 0.144. The van der Waals surface area contributed by atoms with Crippen LogP contribution in [0.2, 0.25) is 0 Å². The first-order chi connectivity index (χ1) is 5.94. The molecule has 1 rings (SSSR count). The molecule has 1 fully saturated rings. The fourth-order valence-electron chi connectivity index (χ4n) is 1.20. The van der Waals surface area contributed by atoms with E-state index in [0.29, 0.717) is 25.9 Å². The van der Waals surface area contributed by atoms with E-state index >= 15 is 0 Å². The molecule has 0 radical (unpaired) electrons. The molecule has 0 spiro atoms. The van der Waals surface area contributed by atoms with E-state index in [1.54, 1.807) is 0 Å². The molecule has 0 atom stereocenters. The second kappa shape index (κ2) is 3.73. The van der Waals surface area contributed by atoms with Crippen LogP contribution < -0.4 is 0 Å². The van der Waals surface area contributed by atoms with Gasteiger partial charge in [0.2, 0.25) is 0 Å². The Bertz CT molecular complexity index is 287. The Kier molecular flexibility index (Phi) is 3.05. The van der Waals surface area contributed by atoms with Crippen molar-refractivity contribution in [2.45, 2.75) is 12.8 Å². The summed E-state index contributed by atoms with van der Waals surface area (Å²) in [7, 11) is -0.325. The van der Waals surface area contributed by atoms with Gasteiger partial charge in [0.1, 0.15) is 5.78 Å². The van der Waals surface area contributed by atoms with Gasteiger partial charge in [-0.25, -0.2) is 0 Å². The quantitative estimate of drug-likeness (QED) is 0.609. The highest BCUT2D eigenvalue weighted by Gasteiger charge is 2.28. The summed E-state index contributed by atoms with van der Waals surface area (Å²) in [5.74, 6) is 0.144. The standard InChI is InChI=1S/C7H14N2O3S/c1-8(2)13(11,12)9-5-3-7(10)4-6-9/h3-6H2,1-2H3. The first kappa shape index (κ1) is 10.6. The summed E-state index contributed by atoms with van der Waals surface area (Å²) in [6.45, 7) is 0.638. The monoisotopic (exact) mass is 206 g/mol. The van der Waals surface area contributed by atoms with Crippen LogP contribution in [0.25, 0.3) is 0 Å². The Morgan fingerprint density at radius 2 is 1.69 bits per heavy atom. The predicted molar refractivity (Wildman–Crippen MR) is 48.4 cm³/mol. The molecule has 1 heterocycles. The molecule has 0 amide bonds. The predicted octanol–water partition coefficient (Wildman–Crippen LogP) is -0.542. The van der Waals surface area contributed by atoms with E-state index in [1.807, 2.05) is 0 Å². The molecule has 0 aromatic heterocycles. The van der Waals surface area contributed by atoms with Gasteiger partial charge in [0, 0.05) is 40.0 Å². The average Bonchev–Trinajstić information content (AvgIpc) is 2.04. The molecule has 76 valence electrons. The SMILES string of the molecule is CN(C)S(=O)(=O)N1CCC(=O)CC1. The van der Waals surface area contributed by atoms with Crippen LogP contribution in [0.1, 0.15) is 12.8 Å². The second-order valence-electron chi connectivity index (χ2n) is 3.23. The molecule has 0 aromatic carbocycles. The maximum absolute atomic E-state index is 11.5. The van der Waals surface area contributed by atoms with Gasteiger partial charge in [0.15, 0.2) is 0 Å². The van der Waals surface area contributed by atoms with Crippen molar-refractivity contribution in [2.24, 2.45) is 0 Å². The first-order valence-corrected chi connectivity index (χ1v) is 5.53. The minimum Gasteiger partial charge on any atom is -0.300 e. The normalized spacial score (nSPS) is 21.0. The summed E-state index contributed by atoms with van der Waals surface area (Å²) >= 11 is 0. The smallest absolute Gasteiger partial charge is 0.281 e. The third-order valence-electron chi connectivity index (χ3n) is 2.07. The van der Waals surface area contributed by atoms with E-state index < -0.39 is 10.2 Å². The van der Waals surface area contributed by atoms with Gasteiger partial charge in [-0.15, -0.1) is 0 Å². The van der Waals surface area contributed by atoms with E-state index in [4.69, 9.17) is 0 Å². The van der Waals surface area contributed by atoms with Crippen molar-refractivity contribution < 1.29 is 13.2 Å². The molecule has 0 bridgehead atoms. The summed E-state index contributed by atoms with van der Waals surface area (Å²) < 4.78 is 25.6. The Balaban J connectivity index is 2.69. The average molecular weight is 206 g/mol. The number of nitrogens with zero attached hydrogens (tertiary/aromatic N) is 2. The number of hydrogen-bond donors (Lipinski definition) is 0. The Morgan fingerprint density at radius 3 is 2.08 bits per heavy atom. The molecular weight excluding hydrogens is 192 g/mol. The number of carbonyl (C=O) groups excluding carboxylic acids is 1. The molecule has 0 aromatic rings. The van der Waals surface area contributed by atoms with E-state index in [9.17, 15) is 13.2 Å². The largest absolute Gasteiger partial charge is 0.300 e. The van der Waals surface area contributed by atoms with E-state index in [2.05, 4.69) is 0 Å². The highest BCUT2D eigenvalue weighted by molar-refractivity contribution is 7.86. The summed E-state index contributed by atoms with van der Waals surface area (Å²) in [5.41, 5.74) is 0. The van der Waals surface area contributed by atoms with E-state index in [-0.39, 0.29) is 5.78 Å². The molecule has 5 nitrogen and oxygen atoms in total. The maximum atomic E-state index is 11.5. The van der Waals surface area contributed by atoms with Gasteiger partial charge in [0.05, 0.1) is 0 Å². The topological polar surface area (TPSA) is 57.7 Å². The Labute approximate surface area is 78.5 Å². The number of ketones is 1. The zero-order valence-electron chi connectivity index (χ0n) is 7.86. The first-order valence-electron chi connectivity index (χ1n) is 4.14. The molecular formula is C7H14N2O3S. The van der Waals surface area contributed by atoms with E-state index in [1.165, 1.54) is 22.7 Å². The number of piperidine rings is 1. The Morgan fingerprint density at radius 1 is 1.23 bits per heavy atom. The van der Waals surface area contributed by atoms with Crippen molar-refractivity contribution >= 4 is 16.0 Å². The molecule has 0 aliphatic carbocycles. The van der Waals surface area contributed by atoms with Crippen molar-refractivity contribution in [1.82, 2.24) is 8.61 Å². The van der Waals surface area contributed by atoms with Gasteiger partial charge in [0.25, 0.3) is 10.2 Å². The van der Waals surface area contributed by atoms with Gasteiger partial charge >= 0.3 is 0 Å². The lowest BCUT2D eigenvalue weighted by molar-refractivity contribution is -0.120. The highest BCUT2D eigenvalue weighted by Crippen LogP contribution is 2.11. The molecule has 6 heteroatoms. The molecule has 0 saturated carbocycles. The fourth-order valence-corrected chi connectivity index (χ4v) is 2.30. The van der Waals surface area contributed by atoms with Crippen LogP contribution in [0, 0.1) is 0 Å². The molecule has 1 aliphatic rings. The summed E-state index contributed by atoms with van der Waals surface area (Å²) in [6, 6.07) is 0. The van der Waals surface area contributed by atoms with Gasteiger partial charge in [-0.2, -0.15) is 17.0 Å². The van der Waals surface area contributed by atoms with Gasteiger partial charge in [-0.1, -0.05) is 0 Å². The number of carbonyl (C=O) groups is 1.